The fourth-order valence-corrected chi connectivity index (χ4v) is 4.66. The maximum absolute atomic E-state index is 12.2. The third-order valence-corrected chi connectivity index (χ3v) is 6.65. The fraction of sp³-hybridized carbons (Fsp3) is 1.00. The molecule has 0 radical (unpaired) electrons. The Morgan fingerprint density at radius 3 is 2.35 bits per heavy atom. The largest absolute Gasteiger partial charge is 0.378 e. The minimum absolute atomic E-state index is 0.0767. The van der Waals surface area contributed by atoms with Crippen molar-refractivity contribution in [1.29, 1.82) is 0 Å². The second kappa shape index (κ2) is 4.21. The topological polar surface area (TPSA) is 46.6 Å². The van der Waals surface area contributed by atoms with Crippen molar-refractivity contribution in [3.05, 3.63) is 0 Å². The van der Waals surface area contributed by atoms with E-state index in [0.717, 1.165) is 19.3 Å². The SMILES string of the molecule is CCO[C@@H]1C[C@H](N(C)S(=O)(=O)C2CC2)C1(C)C. The lowest BCUT2D eigenvalue weighted by molar-refractivity contribution is -0.129. The Labute approximate surface area is 104 Å². The van der Waals surface area contributed by atoms with Crippen LogP contribution in [0.4, 0.5) is 0 Å². The average Bonchev–Trinajstić information content (AvgIpc) is 3.06. The summed E-state index contributed by atoms with van der Waals surface area (Å²) in [4.78, 5) is 0. The van der Waals surface area contributed by atoms with Gasteiger partial charge in [0.15, 0.2) is 0 Å². The molecule has 2 rings (SSSR count). The first-order chi connectivity index (χ1) is 7.81. The Morgan fingerprint density at radius 2 is 1.94 bits per heavy atom. The monoisotopic (exact) mass is 261 g/mol. The van der Waals surface area contributed by atoms with E-state index >= 15 is 0 Å². The van der Waals surface area contributed by atoms with Gasteiger partial charge < -0.3 is 4.74 Å². The van der Waals surface area contributed by atoms with Gasteiger partial charge in [-0.15, -0.1) is 0 Å². The van der Waals surface area contributed by atoms with Crippen LogP contribution < -0.4 is 0 Å². The Morgan fingerprint density at radius 1 is 1.35 bits per heavy atom. The summed E-state index contributed by atoms with van der Waals surface area (Å²) < 4.78 is 31.6. The molecule has 5 heteroatoms. The number of hydrogen-bond donors (Lipinski definition) is 0. The zero-order valence-electron chi connectivity index (χ0n) is 11.1. The van der Waals surface area contributed by atoms with Gasteiger partial charge in [0.05, 0.1) is 11.4 Å². The Hall–Kier alpha value is -0.130. The van der Waals surface area contributed by atoms with Crippen LogP contribution in [0.5, 0.6) is 0 Å². The normalized spacial score (nSPS) is 32.5. The maximum Gasteiger partial charge on any atom is 0.217 e. The van der Waals surface area contributed by atoms with Crippen molar-refractivity contribution in [3.63, 3.8) is 0 Å². The second-order valence-electron chi connectivity index (χ2n) is 5.78. The molecule has 2 aliphatic carbocycles. The van der Waals surface area contributed by atoms with Crippen molar-refractivity contribution in [2.75, 3.05) is 13.7 Å². The van der Waals surface area contributed by atoms with E-state index in [4.69, 9.17) is 4.74 Å². The molecule has 2 aliphatic rings. The minimum atomic E-state index is -3.06. The number of hydrogen-bond acceptors (Lipinski definition) is 3. The molecule has 0 saturated heterocycles. The summed E-state index contributed by atoms with van der Waals surface area (Å²) in [6, 6.07) is 0.0876. The average molecular weight is 261 g/mol. The number of nitrogens with zero attached hydrogens (tertiary/aromatic N) is 1. The molecule has 4 nitrogen and oxygen atoms in total. The zero-order valence-corrected chi connectivity index (χ0v) is 12.0. The molecule has 0 N–H and O–H groups in total. The predicted octanol–water partition coefficient (Wildman–Crippen LogP) is 1.61. The summed E-state index contributed by atoms with van der Waals surface area (Å²) in [5.74, 6) is 0. The molecular formula is C12H23NO3S. The molecule has 0 bridgehead atoms. The second-order valence-corrected chi connectivity index (χ2v) is 8.05. The van der Waals surface area contributed by atoms with E-state index in [1.807, 2.05) is 6.92 Å². The quantitative estimate of drug-likeness (QED) is 0.755. The molecule has 0 spiro atoms. The highest BCUT2D eigenvalue weighted by molar-refractivity contribution is 7.90. The predicted molar refractivity (Wildman–Crippen MR) is 67.3 cm³/mol. The minimum Gasteiger partial charge on any atom is -0.378 e. The summed E-state index contributed by atoms with van der Waals surface area (Å²) in [6.45, 7) is 6.87. The Balaban J connectivity index is 2.05. The van der Waals surface area contributed by atoms with Gasteiger partial charge in [-0.1, -0.05) is 13.8 Å². The Kier molecular flexibility index (Phi) is 3.30. The summed E-state index contributed by atoms with van der Waals surface area (Å²) in [5, 5.41) is -0.116. The summed E-state index contributed by atoms with van der Waals surface area (Å²) in [5.41, 5.74) is -0.0767. The van der Waals surface area contributed by atoms with Gasteiger partial charge in [-0.3, -0.25) is 0 Å². The lowest BCUT2D eigenvalue weighted by Gasteiger charge is -2.54. The van der Waals surface area contributed by atoms with Crippen molar-refractivity contribution in [2.45, 2.75) is 57.4 Å². The first kappa shape index (κ1) is 13.3. The van der Waals surface area contributed by atoms with Gasteiger partial charge in [0.25, 0.3) is 0 Å². The van der Waals surface area contributed by atoms with Crippen molar-refractivity contribution in [3.8, 4) is 0 Å². The molecule has 0 heterocycles. The molecule has 17 heavy (non-hydrogen) atoms. The molecule has 100 valence electrons. The number of ether oxygens (including phenoxy) is 1. The van der Waals surface area contributed by atoms with Gasteiger partial charge in [0.2, 0.25) is 10.0 Å². The van der Waals surface area contributed by atoms with E-state index in [-0.39, 0.29) is 22.8 Å². The molecule has 0 unspecified atom stereocenters. The molecule has 0 aromatic carbocycles. The molecule has 0 aliphatic heterocycles. The highest BCUT2D eigenvalue weighted by Gasteiger charge is 2.54. The van der Waals surface area contributed by atoms with Crippen LogP contribution in [0.3, 0.4) is 0 Å². The lowest BCUT2D eigenvalue weighted by atomic mass is 9.64. The Bertz CT molecular complexity index is 387. The molecule has 2 atom stereocenters. The van der Waals surface area contributed by atoms with Gasteiger partial charge >= 0.3 is 0 Å². The highest BCUT2D eigenvalue weighted by Crippen LogP contribution is 2.47. The molecular weight excluding hydrogens is 238 g/mol. The third kappa shape index (κ3) is 2.13. The van der Waals surface area contributed by atoms with Gasteiger partial charge in [-0.25, -0.2) is 12.7 Å². The third-order valence-electron chi connectivity index (χ3n) is 4.28. The molecule has 2 saturated carbocycles. The fourth-order valence-electron chi connectivity index (χ4n) is 2.74. The van der Waals surface area contributed by atoms with Crippen LogP contribution in [0, 0.1) is 5.41 Å². The van der Waals surface area contributed by atoms with Gasteiger partial charge in [-0.2, -0.15) is 0 Å². The summed E-state index contributed by atoms with van der Waals surface area (Å²) in [6.07, 6.45) is 2.67. The van der Waals surface area contributed by atoms with E-state index in [1.165, 1.54) is 0 Å². The van der Waals surface area contributed by atoms with E-state index in [0.29, 0.717) is 6.61 Å². The summed E-state index contributed by atoms with van der Waals surface area (Å²) >= 11 is 0. The molecule has 0 aromatic heterocycles. The van der Waals surface area contributed by atoms with Gasteiger partial charge in [0.1, 0.15) is 0 Å². The first-order valence-corrected chi connectivity index (χ1v) is 7.90. The molecule has 2 fully saturated rings. The van der Waals surface area contributed by atoms with Crippen molar-refractivity contribution < 1.29 is 13.2 Å². The smallest absolute Gasteiger partial charge is 0.217 e. The maximum atomic E-state index is 12.2. The van der Waals surface area contributed by atoms with E-state index in [1.54, 1.807) is 11.4 Å². The van der Waals surface area contributed by atoms with Crippen LogP contribution in [-0.2, 0) is 14.8 Å². The lowest BCUT2D eigenvalue weighted by Crippen LogP contribution is -2.62. The van der Waals surface area contributed by atoms with Crippen molar-refractivity contribution in [1.82, 2.24) is 4.31 Å². The van der Waals surface area contributed by atoms with E-state index in [2.05, 4.69) is 13.8 Å². The van der Waals surface area contributed by atoms with Crippen LogP contribution in [0.1, 0.15) is 40.0 Å². The standard InChI is InChI=1S/C12H23NO3S/c1-5-16-11-8-10(12(11,2)3)13(4)17(14,15)9-6-7-9/h9-11H,5-8H2,1-4H3/t10-,11+/m0/s1. The zero-order chi connectivity index (χ0) is 12.8. The van der Waals surface area contributed by atoms with Gasteiger partial charge in [-0.05, 0) is 26.2 Å². The van der Waals surface area contributed by atoms with Crippen LogP contribution in [0.25, 0.3) is 0 Å². The van der Waals surface area contributed by atoms with Crippen LogP contribution in [0.2, 0.25) is 0 Å². The van der Waals surface area contributed by atoms with E-state index < -0.39 is 10.0 Å². The highest BCUT2D eigenvalue weighted by atomic mass is 32.2. The van der Waals surface area contributed by atoms with Crippen LogP contribution in [-0.4, -0.2) is 43.8 Å². The van der Waals surface area contributed by atoms with Crippen LogP contribution in [0.15, 0.2) is 0 Å². The molecule has 0 aromatic rings. The van der Waals surface area contributed by atoms with Crippen molar-refractivity contribution in [2.24, 2.45) is 5.41 Å². The van der Waals surface area contributed by atoms with E-state index in [9.17, 15) is 8.42 Å². The van der Waals surface area contributed by atoms with Gasteiger partial charge in [0, 0.05) is 25.1 Å². The number of rotatable bonds is 5. The first-order valence-electron chi connectivity index (χ1n) is 6.40. The van der Waals surface area contributed by atoms with Crippen molar-refractivity contribution >= 4 is 10.0 Å². The van der Waals surface area contributed by atoms with Crippen LogP contribution >= 0.6 is 0 Å². The summed E-state index contributed by atoms with van der Waals surface area (Å²) in [7, 11) is -1.33. The molecule has 0 amide bonds. The number of sulfonamides is 1.